The topological polar surface area (TPSA) is 32.3 Å². The van der Waals surface area contributed by atoms with Crippen LogP contribution in [0, 0.1) is 12.7 Å². The summed E-state index contributed by atoms with van der Waals surface area (Å²) >= 11 is 6.63. The monoisotopic (exact) mass is 415 g/mol. The second-order valence-electron chi connectivity index (χ2n) is 4.91. The van der Waals surface area contributed by atoms with Crippen LogP contribution in [0.1, 0.15) is 16.7 Å². The first-order chi connectivity index (χ1) is 9.97. The molecule has 0 aliphatic heterocycles. The van der Waals surface area contributed by atoms with Crippen LogP contribution in [0.5, 0.6) is 5.75 Å². The van der Waals surface area contributed by atoms with Gasteiger partial charge in [-0.1, -0.05) is 6.07 Å². The van der Waals surface area contributed by atoms with Crippen molar-refractivity contribution >= 4 is 31.9 Å². The first kappa shape index (κ1) is 16.5. The van der Waals surface area contributed by atoms with E-state index in [0.717, 1.165) is 29.7 Å². The molecule has 2 aromatic rings. The summed E-state index contributed by atoms with van der Waals surface area (Å²) < 4.78 is 14.4. The third-order valence-corrected chi connectivity index (χ3v) is 4.49. The SMILES string of the molecule is Cc1cc(F)ccc1CCNCc1cc(Br)c(O)c(Br)c1. The van der Waals surface area contributed by atoms with Crippen LogP contribution in [0.4, 0.5) is 4.39 Å². The molecule has 0 fully saturated rings. The van der Waals surface area contributed by atoms with Gasteiger partial charge in [0.1, 0.15) is 11.6 Å². The molecule has 0 spiro atoms. The Morgan fingerprint density at radius 2 is 1.81 bits per heavy atom. The van der Waals surface area contributed by atoms with E-state index < -0.39 is 0 Å². The van der Waals surface area contributed by atoms with Gasteiger partial charge in [0.25, 0.3) is 0 Å². The molecule has 0 aliphatic rings. The predicted octanol–water partition coefficient (Wildman–Crippen LogP) is 4.70. The minimum atomic E-state index is -0.192. The Labute approximate surface area is 140 Å². The number of hydrogen-bond donors (Lipinski definition) is 2. The molecule has 112 valence electrons. The molecule has 0 saturated heterocycles. The molecule has 0 aliphatic carbocycles. The zero-order chi connectivity index (χ0) is 15.4. The van der Waals surface area contributed by atoms with Gasteiger partial charge in [-0.05, 0) is 92.7 Å². The molecule has 0 saturated carbocycles. The average molecular weight is 417 g/mol. The minimum Gasteiger partial charge on any atom is -0.506 e. The summed E-state index contributed by atoms with van der Waals surface area (Å²) in [6, 6.07) is 8.66. The smallest absolute Gasteiger partial charge is 0.143 e. The Morgan fingerprint density at radius 3 is 2.43 bits per heavy atom. The summed E-state index contributed by atoms with van der Waals surface area (Å²) in [5.74, 6) is 0.0173. The van der Waals surface area contributed by atoms with Crippen molar-refractivity contribution in [3.63, 3.8) is 0 Å². The Hall–Kier alpha value is -0.910. The van der Waals surface area contributed by atoms with Gasteiger partial charge >= 0.3 is 0 Å². The fourth-order valence-electron chi connectivity index (χ4n) is 2.12. The lowest BCUT2D eigenvalue weighted by molar-refractivity contribution is 0.468. The van der Waals surface area contributed by atoms with E-state index in [1.54, 1.807) is 6.07 Å². The minimum absolute atomic E-state index is 0.192. The summed E-state index contributed by atoms with van der Waals surface area (Å²) in [6.45, 7) is 3.44. The number of phenols is 1. The van der Waals surface area contributed by atoms with Crippen LogP contribution < -0.4 is 5.32 Å². The maximum atomic E-state index is 13.0. The van der Waals surface area contributed by atoms with E-state index in [0.29, 0.717) is 15.5 Å². The van der Waals surface area contributed by atoms with Crippen molar-refractivity contribution in [3.05, 3.63) is 61.8 Å². The van der Waals surface area contributed by atoms with Crippen molar-refractivity contribution < 1.29 is 9.50 Å². The first-order valence-corrected chi connectivity index (χ1v) is 8.18. The maximum Gasteiger partial charge on any atom is 0.143 e. The number of halogens is 3. The van der Waals surface area contributed by atoms with E-state index >= 15 is 0 Å². The van der Waals surface area contributed by atoms with Crippen LogP contribution in [0.15, 0.2) is 39.3 Å². The van der Waals surface area contributed by atoms with Crippen molar-refractivity contribution in [2.24, 2.45) is 0 Å². The second kappa shape index (κ2) is 7.38. The lowest BCUT2D eigenvalue weighted by atomic mass is 10.1. The summed E-state index contributed by atoms with van der Waals surface area (Å²) in [5.41, 5.74) is 3.20. The molecular weight excluding hydrogens is 401 g/mol. The standard InChI is InChI=1S/C16H16Br2FNO/c1-10-6-13(19)3-2-12(10)4-5-20-9-11-7-14(17)16(21)15(18)8-11/h2-3,6-8,20-21H,4-5,9H2,1H3. The largest absolute Gasteiger partial charge is 0.506 e. The summed E-state index contributed by atoms with van der Waals surface area (Å²) in [4.78, 5) is 0. The molecule has 2 rings (SSSR count). The summed E-state index contributed by atoms with van der Waals surface area (Å²) in [5, 5.41) is 13.0. The fourth-order valence-corrected chi connectivity index (χ4v) is 3.40. The molecule has 5 heteroatoms. The third-order valence-electron chi connectivity index (χ3n) is 3.28. The average Bonchev–Trinajstić information content (AvgIpc) is 2.42. The van der Waals surface area contributed by atoms with Crippen molar-refractivity contribution in [3.8, 4) is 5.75 Å². The summed E-state index contributed by atoms with van der Waals surface area (Å²) in [7, 11) is 0. The highest BCUT2D eigenvalue weighted by Gasteiger charge is 2.06. The molecule has 0 aromatic heterocycles. The van der Waals surface area contributed by atoms with Gasteiger partial charge in [0, 0.05) is 6.54 Å². The van der Waals surface area contributed by atoms with Gasteiger partial charge in [-0.15, -0.1) is 0 Å². The van der Waals surface area contributed by atoms with Gasteiger partial charge < -0.3 is 10.4 Å². The first-order valence-electron chi connectivity index (χ1n) is 6.60. The van der Waals surface area contributed by atoms with Crippen LogP contribution in [-0.2, 0) is 13.0 Å². The highest BCUT2D eigenvalue weighted by molar-refractivity contribution is 9.11. The molecule has 0 amide bonds. The number of nitrogens with one attached hydrogen (secondary N) is 1. The Bertz CT molecular complexity index is 623. The fraction of sp³-hybridized carbons (Fsp3) is 0.250. The van der Waals surface area contributed by atoms with E-state index in [4.69, 9.17) is 0 Å². The van der Waals surface area contributed by atoms with Crippen LogP contribution >= 0.6 is 31.9 Å². The number of rotatable bonds is 5. The van der Waals surface area contributed by atoms with Crippen LogP contribution in [0.3, 0.4) is 0 Å². The van der Waals surface area contributed by atoms with Crippen LogP contribution in [-0.4, -0.2) is 11.7 Å². The number of benzene rings is 2. The Morgan fingerprint density at radius 1 is 1.14 bits per heavy atom. The molecule has 2 N–H and O–H groups in total. The van der Waals surface area contributed by atoms with Crippen molar-refractivity contribution in [2.45, 2.75) is 19.9 Å². The molecular formula is C16H16Br2FNO. The van der Waals surface area contributed by atoms with Gasteiger partial charge in [-0.25, -0.2) is 4.39 Å². The molecule has 21 heavy (non-hydrogen) atoms. The number of aromatic hydroxyl groups is 1. The highest BCUT2D eigenvalue weighted by Crippen LogP contribution is 2.33. The van der Waals surface area contributed by atoms with Gasteiger partial charge in [0.2, 0.25) is 0 Å². The Kier molecular flexibility index (Phi) is 5.79. The zero-order valence-corrected chi connectivity index (χ0v) is 14.8. The van der Waals surface area contributed by atoms with Crippen molar-refractivity contribution in [1.82, 2.24) is 5.32 Å². The van der Waals surface area contributed by atoms with Crippen LogP contribution in [0.2, 0.25) is 0 Å². The molecule has 0 heterocycles. The molecule has 0 bridgehead atoms. The van der Waals surface area contributed by atoms with E-state index in [-0.39, 0.29) is 11.6 Å². The van der Waals surface area contributed by atoms with Crippen molar-refractivity contribution in [2.75, 3.05) is 6.54 Å². The second-order valence-corrected chi connectivity index (χ2v) is 6.61. The van der Waals surface area contributed by atoms with Gasteiger partial charge in [-0.2, -0.15) is 0 Å². The number of phenolic OH excluding ortho intramolecular Hbond substituents is 1. The molecule has 0 atom stereocenters. The highest BCUT2D eigenvalue weighted by atomic mass is 79.9. The number of aryl methyl sites for hydroxylation is 1. The maximum absolute atomic E-state index is 13.0. The number of hydrogen-bond acceptors (Lipinski definition) is 2. The Balaban J connectivity index is 1.87. The van der Waals surface area contributed by atoms with Gasteiger partial charge in [0.05, 0.1) is 8.95 Å². The predicted molar refractivity (Wildman–Crippen MR) is 90.1 cm³/mol. The van der Waals surface area contributed by atoms with Crippen molar-refractivity contribution in [1.29, 1.82) is 0 Å². The third kappa shape index (κ3) is 4.53. The normalized spacial score (nSPS) is 10.9. The lowest BCUT2D eigenvalue weighted by Gasteiger charge is -2.09. The summed E-state index contributed by atoms with van der Waals surface area (Å²) in [6.07, 6.45) is 0.854. The van der Waals surface area contributed by atoms with E-state index in [1.165, 1.54) is 6.07 Å². The quantitative estimate of drug-likeness (QED) is 0.692. The van der Waals surface area contributed by atoms with Gasteiger partial charge in [0.15, 0.2) is 0 Å². The zero-order valence-electron chi connectivity index (χ0n) is 11.6. The van der Waals surface area contributed by atoms with E-state index in [2.05, 4.69) is 37.2 Å². The molecule has 0 radical (unpaired) electrons. The lowest BCUT2D eigenvalue weighted by Crippen LogP contribution is -2.17. The molecule has 2 aromatic carbocycles. The van der Waals surface area contributed by atoms with Crippen LogP contribution in [0.25, 0.3) is 0 Å². The van der Waals surface area contributed by atoms with E-state index in [1.807, 2.05) is 25.1 Å². The molecule has 0 unspecified atom stereocenters. The van der Waals surface area contributed by atoms with Gasteiger partial charge in [-0.3, -0.25) is 0 Å². The van der Waals surface area contributed by atoms with E-state index in [9.17, 15) is 9.50 Å². The molecule has 2 nitrogen and oxygen atoms in total.